The van der Waals surface area contributed by atoms with Crippen LogP contribution >= 0.6 is 11.6 Å². The SMILES string of the molecule is COCCN(CCC#N)c1c(C)c(Cl)nc2ncnn12. The zero-order chi connectivity index (χ0) is 14.5. The second-order valence-electron chi connectivity index (χ2n) is 4.21. The third-order valence-electron chi connectivity index (χ3n) is 2.93. The second-order valence-corrected chi connectivity index (χ2v) is 4.57. The number of nitriles is 1. The molecule has 0 aliphatic carbocycles. The molecule has 0 aliphatic rings. The molecule has 0 saturated carbocycles. The van der Waals surface area contributed by atoms with Gasteiger partial charge in [0.25, 0.3) is 5.78 Å². The molecule has 0 bridgehead atoms. The first-order chi connectivity index (χ1) is 9.69. The van der Waals surface area contributed by atoms with Crippen LogP contribution < -0.4 is 4.90 Å². The number of hydrogen-bond donors (Lipinski definition) is 0. The quantitative estimate of drug-likeness (QED) is 0.750. The molecule has 0 aliphatic heterocycles. The van der Waals surface area contributed by atoms with E-state index in [9.17, 15) is 0 Å². The van der Waals surface area contributed by atoms with E-state index in [0.717, 1.165) is 11.4 Å². The summed E-state index contributed by atoms with van der Waals surface area (Å²) in [6.07, 6.45) is 1.83. The minimum atomic E-state index is 0.389. The van der Waals surface area contributed by atoms with Gasteiger partial charge < -0.3 is 9.64 Å². The van der Waals surface area contributed by atoms with Crippen LogP contribution in [0.25, 0.3) is 5.78 Å². The van der Waals surface area contributed by atoms with Crippen molar-refractivity contribution >= 4 is 23.2 Å². The molecule has 0 saturated heterocycles. The average Bonchev–Trinajstić information content (AvgIpc) is 2.89. The van der Waals surface area contributed by atoms with E-state index in [4.69, 9.17) is 21.6 Å². The minimum Gasteiger partial charge on any atom is -0.383 e. The first-order valence-electron chi connectivity index (χ1n) is 6.15. The number of ether oxygens (including phenoxy) is 1. The van der Waals surface area contributed by atoms with Gasteiger partial charge in [-0.25, -0.2) is 0 Å². The summed E-state index contributed by atoms with van der Waals surface area (Å²) in [6.45, 7) is 3.61. The topological polar surface area (TPSA) is 79.3 Å². The van der Waals surface area contributed by atoms with Crippen LogP contribution in [-0.2, 0) is 4.74 Å². The molecule has 0 radical (unpaired) electrons. The molecule has 0 N–H and O–H groups in total. The molecule has 20 heavy (non-hydrogen) atoms. The molecule has 0 aromatic carbocycles. The van der Waals surface area contributed by atoms with Crippen molar-refractivity contribution in [1.29, 1.82) is 5.26 Å². The first kappa shape index (κ1) is 14.5. The monoisotopic (exact) mass is 294 g/mol. The Labute approximate surface area is 121 Å². The standard InChI is InChI=1S/C12H15ClN6O/c1-9-10(13)17-12-15-8-16-19(12)11(9)18(5-3-4-14)6-7-20-2/h8H,3,5-7H2,1-2H3. The molecule has 0 fully saturated rings. The Morgan fingerprint density at radius 1 is 1.50 bits per heavy atom. The van der Waals surface area contributed by atoms with Crippen molar-refractivity contribution < 1.29 is 4.74 Å². The Bertz CT molecular complexity index is 635. The van der Waals surface area contributed by atoms with E-state index in [0.29, 0.717) is 37.0 Å². The van der Waals surface area contributed by atoms with E-state index in [1.165, 1.54) is 6.33 Å². The van der Waals surface area contributed by atoms with E-state index in [-0.39, 0.29) is 0 Å². The smallest absolute Gasteiger partial charge is 0.255 e. The van der Waals surface area contributed by atoms with Gasteiger partial charge in [-0.3, -0.25) is 0 Å². The van der Waals surface area contributed by atoms with Crippen molar-refractivity contribution in [2.75, 3.05) is 31.7 Å². The third kappa shape index (κ3) is 2.81. The van der Waals surface area contributed by atoms with Gasteiger partial charge in [-0.2, -0.15) is 24.8 Å². The first-order valence-corrected chi connectivity index (χ1v) is 6.53. The summed E-state index contributed by atoms with van der Waals surface area (Å²) in [5, 5.41) is 13.4. The van der Waals surface area contributed by atoms with Gasteiger partial charge in [0.05, 0.1) is 19.1 Å². The summed E-state index contributed by atoms with van der Waals surface area (Å²) in [5.41, 5.74) is 0.804. The molecule has 8 heteroatoms. The van der Waals surface area contributed by atoms with E-state index in [1.807, 2.05) is 11.8 Å². The van der Waals surface area contributed by atoms with E-state index in [1.54, 1.807) is 11.6 Å². The lowest BCUT2D eigenvalue weighted by Gasteiger charge is -2.25. The lowest BCUT2D eigenvalue weighted by atomic mass is 10.3. The van der Waals surface area contributed by atoms with Crippen molar-refractivity contribution in [3.63, 3.8) is 0 Å². The highest BCUT2D eigenvalue weighted by Crippen LogP contribution is 2.25. The highest BCUT2D eigenvalue weighted by molar-refractivity contribution is 6.30. The lowest BCUT2D eigenvalue weighted by Crippen LogP contribution is -2.31. The molecule has 0 amide bonds. The zero-order valence-electron chi connectivity index (χ0n) is 11.4. The summed E-state index contributed by atoms with van der Waals surface area (Å²) in [5.74, 6) is 1.24. The average molecular weight is 295 g/mol. The maximum atomic E-state index is 8.80. The lowest BCUT2D eigenvalue weighted by molar-refractivity contribution is 0.205. The number of halogens is 1. The number of methoxy groups -OCH3 is 1. The fourth-order valence-electron chi connectivity index (χ4n) is 1.96. The predicted octanol–water partition coefficient (Wildman–Crippen LogP) is 1.45. The normalized spacial score (nSPS) is 10.7. The summed E-state index contributed by atoms with van der Waals surface area (Å²) in [6, 6.07) is 2.14. The number of fused-ring (bicyclic) bond motifs is 1. The van der Waals surface area contributed by atoms with Gasteiger partial charge >= 0.3 is 0 Å². The van der Waals surface area contributed by atoms with Crippen LogP contribution in [0.2, 0.25) is 5.15 Å². The Morgan fingerprint density at radius 3 is 3.00 bits per heavy atom. The van der Waals surface area contributed by atoms with Gasteiger partial charge in [-0.15, -0.1) is 0 Å². The molecule has 0 atom stereocenters. The number of hydrogen-bond acceptors (Lipinski definition) is 6. The van der Waals surface area contributed by atoms with Crippen LogP contribution in [-0.4, -0.2) is 46.4 Å². The molecule has 2 aromatic heterocycles. The van der Waals surface area contributed by atoms with Gasteiger partial charge in [-0.1, -0.05) is 11.6 Å². The van der Waals surface area contributed by atoms with Crippen LogP contribution in [0.1, 0.15) is 12.0 Å². The molecule has 2 rings (SSSR count). The number of aromatic nitrogens is 4. The number of anilines is 1. The highest BCUT2D eigenvalue weighted by atomic mass is 35.5. The maximum absolute atomic E-state index is 8.80. The maximum Gasteiger partial charge on any atom is 0.255 e. The minimum absolute atomic E-state index is 0.389. The van der Waals surface area contributed by atoms with Gasteiger partial charge in [-0.05, 0) is 6.92 Å². The van der Waals surface area contributed by atoms with Crippen molar-refractivity contribution in [2.24, 2.45) is 0 Å². The van der Waals surface area contributed by atoms with E-state index >= 15 is 0 Å². The molecular formula is C12H15ClN6O. The van der Waals surface area contributed by atoms with Crippen molar-refractivity contribution in [1.82, 2.24) is 19.6 Å². The molecule has 106 valence electrons. The van der Waals surface area contributed by atoms with Crippen molar-refractivity contribution in [3.8, 4) is 6.07 Å². The Kier molecular flexibility index (Phi) is 4.71. The molecule has 7 nitrogen and oxygen atoms in total. The van der Waals surface area contributed by atoms with Crippen molar-refractivity contribution in [2.45, 2.75) is 13.3 Å². The second kappa shape index (κ2) is 6.50. The Morgan fingerprint density at radius 2 is 2.30 bits per heavy atom. The zero-order valence-corrected chi connectivity index (χ0v) is 12.1. The van der Waals surface area contributed by atoms with Crippen LogP contribution in [0.5, 0.6) is 0 Å². The van der Waals surface area contributed by atoms with Crippen LogP contribution in [0.3, 0.4) is 0 Å². The number of rotatable bonds is 6. The largest absolute Gasteiger partial charge is 0.383 e. The fourth-order valence-corrected chi connectivity index (χ4v) is 2.13. The van der Waals surface area contributed by atoms with Gasteiger partial charge in [0.2, 0.25) is 0 Å². The summed E-state index contributed by atoms with van der Waals surface area (Å²) >= 11 is 6.15. The summed E-state index contributed by atoms with van der Waals surface area (Å²) in [4.78, 5) is 10.2. The summed E-state index contributed by atoms with van der Waals surface area (Å²) in [7, 11) is 1.64. The van der Waals surface area contributed by atoms with Gasteiger partial charge in [0, 0.05) is 25.8 Å². The van der Waals surface area contributed by atoms with Crippen molar-refractivity contribution in [3.05, 3.63) is 17.0 Å². The summed E-state index contributed by atoms with van der Waals surface area (Å²) < 4.78 is 6.75. The third-order valence-corrected chi connectivity index (χ3v) is 3.30. The van der Waals surface area contributed by atoms with Crippen LogP contribution in [0, 0.1) is 18.3 Å². The molecular weight excluding hydrogens is 280 g/mol. The number of nitrogens with zero attached hydrogens (tertiary/aromatic N) is 6. The van der Waals surface area contributed by atoms with Gasteiger partial charge in [0.15, 0.2) is 0 Å². The fraction of sp³-hybridized carbons (Fsp3) is 0.500. The van der Waals surface area contributed by atoms with Crippen LogP contribution in [0.4, 0.5) is 5.82 Å². The molecule has 2 aromatic rings. The van der Waals surface area contributed by atoms with Crippen LogP contribution in [0.15, 0.2) is 6.33 Å². The van der Waals surface area contributed by atoms with Gasteiger partial charge in [0.1, 0.15) is 17.3 Å². The Balaban J connectivity index is 2.47. The molecule has 0 spiro atoms. The Hall–Kier alpha value is -1.91. The van der Waals surface area contributed by atoms with E-state index < -0.39 is 0 Å². The molecule has 2 heterocycles. The predicted molar refractivity (Wildman–Crippen MR) is 74.8 cm³/mol. The highest BCUT2D eigenvalue weighted by Gasteiger charge is 2.18. The molecule has 0 unspecified atom stereocenters. The van der Waals surface area contributed by atoms with E-state index in [2.05, 4.69) is 21.1 Å².